The van der Waals surface area contributed by atoms with E-state index in [0.29, 0.717) is 10.8 Å². The molecule has 2 rings (SSSR count). The number of sulfone groups is 1. The van der Waals surface area contributed by atoms with Crippen molar-refractivity contribution in [2.75, 3.05) is 19.1 Å². The van der Waals surface area contributed by atoms with Crippen LogP contribution in [0.4, 0.5) is 0 Å². The lowest BCUT2D eigenvalue weighted by molar-refractivity contribution is -0.128. The number of rotatable bonds is 6. The minimum absolute atomic E-state index is 0.000334. The fraction of sp³-hybridized carbons (Fsp3) is 0.278. The van der Waals surface area contributed by atoms with Crippen LogP contribution in [-0.2, 0) is 14.6 Å². The molecule has 25 heavy (non-hydrogen) atoms. The van der Waals surface area contributed by atoms with Crippen LogP contribution in [0.3, 0.4) is 0 Å². The van der Waals surface area contributed by atoms with Gasteiger partial charge in [0.2, 0.25) is 5.91 Å². The van der Waals surface area contributed by atoms with Crippen molar-refractivity contribution in [2.24, 2.45) is 0 Å². The van der Waals surface area contributed by atoms with E-state index >= 15 is 0 Å². The van der Waals surface area contributed by atoms with E-state index < -0.39 is 9.84 Å². The summed E-state index contributed by atoms with van der Waals surface area (Å²) >= 11 is 7.31. The van der Waals surface area contributed by atoms with E-state index in [0.717, 1.165) is 10.5 Å². The molecule has 134 valence electrons. The molecule has 0 saturated heterocycles. The van der Waals surface area contributed by atoms with Gasteiger partial charge in [-0.2, -0.15) is 0 Å². The number of halogens is 1. The summed E-state index contributed by atoms with van der Waals surface area (Å²) in [5, 5.41) is 0.666. The molecule has 1 atom stereocenters. The third-order valence-electron chi connectivity index (χ3n) is 3.94. The van der Waals surface area contributed by atoms with Crippen molar-refractivity contribution in [2.45, 2.75) is 22.8 Å². The first-order valence-electron chi connectivity index (χ1n) is 7.62. The van der Waals surface area contributed by atoms with Crippen LogP contribution in [0.2, 0.25) is 5.02 Å². The lowest BCUT2D eigenvalue weighted by Gasteiger charge is -2.25. The molecule has 0 aliphatic heterocycles. The Labute approximate surface area is 158 Å². The zero-order chi connectivity index (χ0) is 18.6. The maximum absolute atomic E-state index is 12.4. The molecule has 1 amide bonds. The third kappa shape index (κ3) is 5.49. The van der Waals surface area contributed by atoms with E-state index in [2.05, 4.69) is 0 Å². The van der Waals surface area contributed by atoms with Gasteiger partial charge in [-0.15, -0.1) is 11.8 Å². The largest absolute Gasteiger partial charge is 0.338 e. The monoisotopic (exact) mass is 397 g/mol. The molecule has 0 radical (unpaired) electrons. The molecule has 7 heteroatoms. The Morgan fingerprint density at radius 1 is 1.12 bits per heavy atom. The maximum Gasteiger partial charge on any atom is 0.233 e. The van der Waals surface area contributed by atoms with Crippen LogP contribution in [0, 0.1) is 0 Å². The van der Waals surface area contributed by atoms with Crippen molar-refractivity contribution in [3.63, 3.8) is 0 Å². The molecule has 0 heterocycles. The van der Waals surface area contributed by atoms with Crippen molar-refractivity contribution < 1.29 is 13.2 Å². The highest BCUT2D eigenvalue weighted by molar-refractivity contribution is 8.00. The summed E-state index contributed by atoms with van der Waals surface area (Å²) in [6, 6.07) is 13.8. The molecule has 0 aliphatic rings. The summed E-state index contributed by atoms with van der Waals surface area (Å²) < 4.78 is 23.0. The van der Waals surface area contributed by atoms with Crippen molar-refractivity contribution in [3.8, 4) is 0 Å². The molecule has 0 fully saturated rings. The summed E-state index contributed by atoms with van der Waals surface area (Å²) in [5.74, 6) is 0.323. The molecule has 0 N–H and O–H groups in total. The molecule has 0 saturated carbocycles. The predicted octanol–water partition coefficient (Wildman–Crippen LogP) is 4.06. The maximum atomic E-state index is 12.4. The first-order chi connectivity index (χ1) is 11.7. The Bertz CT molecular complexity index is 834. The van der Waals surface area contributed by atoms with Crippen molar-refractivity contribution >= 4 is 39.1 Å². The van der Waals surface area contributed by atoms with Crippen molar-refractivity contribution in [3.05, 3.63) is 59.1 Å². The standard InChI is InChI=1S/C18H20ClNO3S2/c1-13(14-4-10-17(11-5-14)25(3,22)23)20(2)18(21)12-24-16-8-6-15(19)7-9-16/h4-11,13H,12H2,1-3H3. The molecule has 0 bridgehead atoms. The highest BCUT2D eigenvalue weighted by Crippen LogP contribution is 2.24. The van der Waals surface area contributed by atoms with E-state index in [1.165, 1.54) is 18.0 Å². The molecule has 4 nitrogen and oxygen atoms in total. The van der Waals surface area contributed by atoms with Gasteiger partial charge in [-0.1, -0.05) is 23.7 Å². The zero-order valence-electron chi connectivity index (χ0n) is 14.3. The smallest absolute Gasteiger partial charge is 0.233 e. The number of nitrogens with zero attached hydrogens (tertiary/aromatic N) is 1. The minimum atomic E-state index is -3.22. The second kappa shape index (κ2) is 8.25. The number of carbonyl (C=O) groups is 1. The first kappa shape index (κ1) is 19.8. The molecule has 0 aliphatic carbocycles. The van der Waals surface area contributed by atoms with E-state index in [4.69, 9.17) is 11.6 Å². The average molecular weight is 398 g/mol. The number of amides is 1. The van der Waals surface area contributed by atoms with Gasteiger partial charge in [-0.05, 0) is 48.9 Å². The summed E-state index contributed by atoms with van der Waals surface area (Å²) in [6.07, 6.45) is 1.18. The lowest BCUT2D eigenvalue weighted by atomic mass is 10.1. The highest BCUT2D eigenvalue weighted by Gasteiger charge is 2.18. The first-order valence-corrected chi connectivity index (χ1v) is 10.9. The Kier molecular flexibility index (Phi) is 6.54. The number of hydrogen-bond acceptors (Lipinski definition) is 4. The van der Waals surface area contributed by atoms with Gasteiger partial charge in [0, 0.05) is 23.2 Å². The van der Waals surface area contributed by atoms with Crippen LogP contribution in [0.25, 0.3) is 0 Å². The van der Waals surface area contributed by atoms with Crippen LogP contribution >= 0.6 is 23.4 Å². The second-order valence-corrected chi connectivity index (χ2v) is 9.27. The topological polar surface area (TPSA) is 54.5 Å². The molecular formula is C18H20ClNO3S2. The quantitative estimate of drug-likeness (QED) is 0.690. The number of carbonyl (C=O) groups excluding carboxylic acids is 1. The summed E-state index contributed by atoms with van der Waals surface area (Å²) in [6.45, 7) is 1.92. The molecule has 1 unspecified atom stereocenters. The van der Waals surface area contributed by atoms with E-state index in [1.54, 1.807) is 48.3 Å². The molecule has 0 spiro atoms. The Morgan fingerprint density at radius 2 is 1.68 bits per heavy atom. The Balaban J connectivity index is 1.99. The Morgan fingerprint density at radius 3 is 2.20 bits per heavy atom. The van der Waals surface area contributed by atoms with Crippen LogP contribution in [0.15, 0.2) is 58.3 Å². The van der Waals surface area contributed by atoms with Crippen LogP contribution in [0.5, 0.6) is 0 Å². The van der Waals surface area contributed by atoms with Gasteiger partial charge in [0.1, 0.15) is 0 Å². The van der Waals surface area contributed by atoms with Crippen LogP contribution in [0.1, 0.15) is 18.5 Å². The van der Waals surface area contributed by atoms with Crippen LogP contribution < -0.4 is 0 Å². The zero-order valence-corrected chi connectivity index (χ0v) is 16.7. The van der Waals surface area contributed by atoms with Crippen LogP contribution in [-0.4, -0.2) is 38.3 Å². The molecule has 2 aromatic rings. The van der Waals surface area contributed by atoms with Gasteiger partial charge in [-0.3, -0.25) is 4.79 Å². The summed E-state index contributed by atoms with van der Waals surface area (Å²) in [5.41, 5.74) is 0.889. The predicted molar refractivity (Wildman–Crippen MR) is 103 cm³/mol. The van der Waals surface area contributed by atoms with Gasteiger partial charge < -0.3 is 4.90 Å². The van der Waals surface area contributed by atoms with Gasteiger partial charge >= 0.3 is 0 Å². The fourth-order valence-electron chi connectivity index (χ4n) is 2.21. The SMILES string of the molecule is CC(c1ccc(S(C)(=O)=O)cc1)N(C)C(=O)CSc1ccc(Cl)cc1. The minimum Gasteiger partial charge on any atom is -0.338 e. The second-order valence-electron chi connectivity index (χ2n) is 5.76. The Hall–Kier alpha value is -1.50. The van der Waals surface area contributed by atoms with Gasteiger partial charge in [-0.25, -0.2) is 8.42 Å². The van der Waals surface area contributed by atoms with Gasteiger partial charge in [0.25, 0.3) is 0 Å². The van der Waals surface area contributed by atoms with Crippen molar-refractivity contribution in [1.82, 2.24) is 4.90 Å². The van der Waals surface area contributed by atoms with E-state index in [-0.39, 0.29) is 16.8 Å². The number of thioether (sulfide) groups is 1. The van der Waals surface area contributed by atoms with E-state index in [9.17, 15) is 13.2 Å². The normalized spacial score (nSPS) is 12.6. The van der Waals surface area contributed by atoms with E-state index in [1.807, 2.05) is 19.1 Å². The highest BCUT2D eigenvalue weighted by atomic mass is 35.5. The average Bonchev–Trinajstić information content (AvgIpc) is 2.59. The van der Waals surface area contributed by atoms with Crippen molar-refractivity contribution in [1.29, 1.82) is 0 Å². The lowest BCUT2D eigenvalue weighted by Crippen LogP contribution is -2.31. The van der Waals surface area contributed by atoms with Gasteiger partial charge in [0.15, 0.2) is 9.84 Å². The summed E-state index contributed by atoms with van der Waals surface area (Å²) in [7, 11) is -1.47. The van der Waals surface area contributed by atoms with Gasteiger partial charge in [0.05, 0.1) is 16.7 Å². The third-order valence-corrected chi connectivity index (χ3v) is 6.32. The molecular weight excluding hydrogens is 378 g/mol. The number of benzene rings is 2. The molecule has 0 aromatic heterocycles. The summed E-state index contributed by atoms with van der Waals surface area (Å²) in [4.78, 5) is 15.3. The molecule has 2 aromatic carbocycles. The number of hydrogen-bond donors (Lipinski definition) is 0. The fourth-order valence-corrected chi connectivity index (χ4v) is 3.79.